The van der Waals surface area contributed by atoms with Crippen molar-refractivity contribution in [3.05, 3.63) is 94.6 Å². The lowest BCUT2D eigenvalue weighted by Gasteiger charge is -2.21. The van der Waals surface area contributed by atoms with Gasteiger partial charge in [0, 0.05) is 28.9 Å². The second-order valence-electron chi connectivity index (χ2n) is 12.9. The fraction of sp³-hybridized carbons (Fsp3) is 0.452. The molecule has 4 N–H and O–H groups in total. The van der Waals surface area contributed by atoms with E-state index >= 15 is 0 Å². The van der Waals surface area contributed by atoms with Gasteiger partial charge in [0.2, 0.25) is 17.7 Å². The molecule has 0 aliphatic carbocycles. The lowest BCUT2D eigenvalue weighted by molar-refractivity contribution is -0.115. The highest BCUT2D eigenvalue weighted by Crippen LogP contribution is 2.28. The Bertz CT molecular complexity index is 1580. The molecule has 0 aromatic heterocycles. The summed E-state index contributed by atoms with van der Waals surface area (Å²) in [6.07, 6.45) is 10.3. The number of rotatable bonds is 14. The van der Waals surface area contributed by atoms with Crippen LogP contribution in [-0.2, 0) is 46.5 Å². The van der Waals surface area contributed by atoms with E-state index in [4.69, 9.17) is 0 Å². The van der Waals surface area contributed by atoms with Crippen LogP contribution in [0.1, 0.15) is 86.8 Å². The van der Waals surface area contributed by atoms with Crippen molar-refractivity contribution in [2.75, 3.05) is 54.0 Å². The maximum absolute atomic E-state index is 11.5. The summed E-state index contributed by atoms with van der Waals surface area (Å²) in [6, 6.07) is 18.0. The SMILES string of the molecule is C=Cc1cccc2c1CC(=O)N2.CCCN(CCC)CCc1cccc2c1CC(=O)N2.CCCNCCC.O=C1Cc2c(CCBr)cccc2N1. The minimum Gasteiger partial charge on any atom is -0.326 e. The Morgan fingerprint density at radius 2 is 1.10 bits per heavy atom. The molecule has 3 aromatic rings. The van der Waals surface area contributed by atoms with Gasteiger partial charge in [0.15, 0.2) is 0 Å². The molecule has 0 bridgehead atoms. The molecular formula is C42H58BrN5O3. The van der Waals surface area contributed by atoms with E-state index in [2.05, 4.69) is 88.5 Å². The first kappa shape index (κ1) is 41.6. The fourth-order valence-electron chi connectivity index (χ4n) is 6.39. The van der Waals surface area contributed by atoms with Gasteiger partial charge in [-0.25, -0.2) is 0 Å². The quantitative estimate of drug-likeness (QED) is 0.0981. The summed E-state index contributed by atoms with van der Waals surface area (Å²) in [4.78, 5) is 36.1. The van der Waals surface area contributed by atoms with E-state index in [0.717, 1.165) is 52.9 Å². The van der Waals surface area contributed by atoms with Crippen molar-refractivity contribution in [2.24, 2.45) is 0 Å². The monoisotopic (exact) mass is 759 g/mol. The first-order valence-electron chi connectivity index (χ1n) is 18.6. The maximum atomic E-state index is 11.5. The Kier molecular flexibility index (Phi) is 18.7. The van der Waals surface area contributed by atoms with Crippen LogP contribution in [0.4, 0.5) is 17.1 Å². The summed E-state index contributed by atoms with van der Waals surface area (Å²) in [6.45, 7) is 18.3. The fourth-order valence-corrected chi connectivity index (χ4v) is 6.82. The third-order valence-corrected chi connectivity index (χ3v) is 9.20. The molecule has 3 aliphatic heterocycles. The van der Waals surface area contributed by atoms with Crippen molar-refractivity contribution in [1.82, 2.24) is 10.2 Å². The molecule has 9 heteroatoms. The second kappa shape index (κ2) is 22.9. The number of carbonyl (C=O) groups is 3. The van der Waals surface area contributed by atoms with Crippen molar-refractivity contribution in [1.29, 1.82) is 0 Å². The predicted octanol–water partition coefficient (Wildman–Crippen LogP) is 8.18. The third kappa shape index (κ3) is 13.4. The molecule has 51 heavy (non-hydrogen) atoms. The van der Waals surface area contributed by atoms with Gasteiger partial charge in [-0.1, -0.05) is 92.7 Å². The second-order valence-corrected chi connectivity index (χ2v) is 13.7. The normalized spacial score (nSPS) is 13.3. The van der Waals surface area contributed by atoms with Crippen molar-refractivity contribution in [3.8, 4) is 0 Å². The molecule has 6 rings (SSSR count). The molecule has 0 unspecified atom stereocenters. The van der Waals surface area contributed by atoms with Gasteiger partial charge in [0.25, 0.3) is 0 Å². The minimum atomic E-state index is 0.0688. The molecule has 276 valence electrons. The highest BCUT2D eigenvalue weighted by molar-refractivity contribution is 9.09. The number of aryl methyl sites for hydroxylation is 1. The number of halogens is 1. The zero-order chi connectivity index (χ0) is 37.0. The number of hydrogen-bond acceptors (Lipinski definition) is 5. The standard InChI is InChI=1S/C16H24N2O.C10H10BrNO.C10H9NO.C6H15N/c1-3-9-18(10-4-2)11-8-13-6-5-7-15-14(13)12-16(19)17-15;11-5-4-7-2-1-3-9-8(7)6-10(13)12-9;1-2-7-4-3-5-9-8(7)6-10(12)11-9;1-3-5-7-6-4-2/h5-7H,3-4,8-12H2,1-2H3,(H,17,19);1-3H,4-6H2,(H,12,13);2-5H,1,6H2,(H,11,12);7H,3-6H2,1-2H3. The van der Waals surface area contributed by atoms with Crippen LogP contribution in [0.25, 0.3) is 6.08 Å². The van der Waals surface area contributed by atoms with Crippen LogP contribution in [-0.4, -0.2) is 60.7 Å². The van der Waals surface area contributed by atoms with Crippen molar-refractivity contribution >= 4 is 56.8 Å². The smallest absolute Gasteiger partial charge is 0.228 e. The summed E-state index contributed by atoms with van der Waals surface area (Å²) >= 11 is 3.40. The van der Waals surface area contributed by atoms with Crippen molar-refractivity contribution in [2.45, 2.75) is 85.5 Å². The lowest BCUT2D eigenvalue weighted by atomic mass is 10.0. The molecule has 0 radical (unpaired) electrons. The molecule has 8 nitrogen and oxygen atoms in total. The average Bonchev–Trinajstić information content (AvgIpc) is 3.83. The molecule has 0 spiro atoms. The number of hydrogen-bond donors (Lipinski definition) is 4. The Morgan fingerprint density at radius 1 is 0.647 bits per heavy atom. The van der Waals surface area contributed by atoms with Crippen molar-refractivity contribution in [3.63, 3.8) is 0 Å². The summed E-state index contributed by atoms with van der Waals surface area (Å²) < 4.78 is 0. The Hall–Kier alpha value is -3.79. The number of fused-ring (bicyclic) bond motifs is 3. The van der Waals surface area contributed by atoms with Gasteiger partial charge in [0.1, 0.15) is 0 Å². The average molecular weight is 761 g/mol. The third-order valence-electron chi connectivity index (χ3n) is 8.81. The lowest BCUT2D eigenvalue weighted by Crippen LogP contribution is -2.28. The number of anilines is 3. The van der Waals surface area contributed by atoms with Gasteiger partial charge >= 0.3 is 0 Å². The minimum absolute atomic E-state index is 0.0688. The van der Waals surface area contributed by atoms with Gasteiger partial charge < -0.3 is 26.2 Å². The molecule has 3 heterocycles. The molecule has 0 fully saturated rings. The highest BCUT2D eigenvalue weighted by Gasteiger charge is 2.21. The Morgan fingerprint density at radius 3 is 1.55 bits per heavy atom. The molecule has 0 saturated heterocycles. The van der Waals surface area contributed by atoms with Crippen LogP contribution in [0.5, 0.6) is 0 Å². The van der Waals surface area contributed by atoms with E-state index in [1.807, 2.05) is 42.5 Å². The first-order valence-corrected chi connectivity index (χ1v) is 19.7. The Labute approximate surface area is 314 Å². The van der Waals surface area contributed by atoms with E-state index in [9.17, 15) is 14.4 Å². The van der Waals surface area contributed by atoms with Gasteiger partial charge in [-0.2, -0.15) is 0 Å². The van der Waals surface area contributed by atoms with E-state index in [1.165, 1.54) is 74.1 Å². The van der Waals surface area contributed by atoms with Gasteiger partial charge in [0.05, 0.1) is 19.3 Å². The Balaban J connectivity index is 0.000000194. The van der Waals surface area contributed by atoms with E-state index in [1.54, 1.807) is 6.08 Å². The molecule has 0 atom stereocenters. The zero-order valence-electron chi connectivity index (χ0n) is 31.1. The predicted molar refractivity (Wildman–Crippen MR) is 218 cm³/mol. The number of carbonyl (C=O) groups excluding carboxylic acids is 3. The summed E-state index contributed by atoms with van der Waals surface area (Å²) in [5, 5.41) is 12.8. The van der Waals surface area contributed by atoms with Gasteiger partial charge in [-0.15, -0.1) is 0 Å². The van der Waals surface area contributed by atoms with E-state index in [0.29, 0.717) is 19.3 Å². The van der Waals surface area contributed by atoms with Crippen LogP contribution in [0.3, 0.4) is 0 Å². The summed E-state index contributed by atoms with van der Waals surface area (Å²) in [5.74, 6) is 0.303. The van der Waals surface area contributed by atoms with Crippen LogP contribution < -0.4 is 21.3 Å². The molecule has 3 aromatic carbocycles. The van der Waals surface area contributed by atoms with Crippen LogP contribution in [0.15, 0.2) is 61.2 Å². The summed E-state index contributed by atoms with van der Waals surface area (Å²) in [7, 11) is 0. The van der Waals surface area contributed by atoms with Gasteiger partial charge in [-0.05, 0) is 116 Å². The number of nitrogens with zero attached hydrogens (tertiary/aromatic N) is 1. The van der Waals surface area contributed by atoms with Crippen molar-refractivity contribution < 1.29 is 14.4 Å². The molecule has 3 amide bonds. The molecular weight excluding hydrogens is 702 g/mol. The number of nitrogens with one attached hydrogen (secondary N) is 4. The number of benzene rings is 3. The van der Waals surface area contributed by atoms with E-state index < -0.39 is 0 Å². The zero-order valence-corrected chi connectivity index (χ0v) is 32.7. The largest absolute Gasteiger partial charge is 0.326 e. The summed E-state index contributed by atoms with van der Waals surface area (Å²) in [5.41, 5.74) is 10.0. The van der Waals surface area contributed by atoms with Crippen LogP contribution in [0.2, 0.25) is 0 Å². The van der Waals surface area contributed by atoms with Crippen LogP contribution >= 0.6 is 15.9 Å². The highest BCUT2D eigenvalue weighted by atomic mass is 79.9. The number of alkyl halides is 1. The maximum Gasteiger partial charge on any atom is 0.228 e. The molecule has 3 aliphatic rings. The first-order chi connectivity index (χ1) is 24.8. The molecule has 0 saturated carbocycles. The van der Waals surface area contributed by atoms with E-state index in [-0.39, 0.29) is 17.7 Å². The van der Waals surface area contributed by atoms with Crippen LogP contribution in [0, 0.1) is 0 Å². The topological polar surface area (TPSA) is 103 Å². The van der Waals surface area contributed by atoms with Gasteiger partial charge in [-0.3, -0.25) is 14.4 Å². The number of amides is 3.